The molecule has 0 saturated heterocycles. The first-order chi connectivity index (χ1) is 10.4. The summed E-state index contributed by atoms with van der Waals surface area (Å²) >= 11 is 0. The van der Waals surface area contributed by atoms with Gasteiger partial charge in [0.25, 0.3) is 0 Å². The van der Waals surface area contributed by atoms with Crippen molar-refractivity contribution in [1.29, 1.82) is 0 Å². The summed E-state index contributed by atoms with van der Waals surface area (Å²) in [5, 5.41) is 13.8. The first-order valence-electron chi connectivity index (χ1n) is 6.74. The van der Waals surface area contributed by atoms with Crippen LogP contribution in [0.15, 0.2) is 44.7 Å². The molecule has 1 aromatic carbocycles. The van der Waals surface area contributed by atoms with E-state index in [0.29, 0.717) is 4.90 Å². The first kappa shape index (κ1) is 16.3. The Bertz CT molecular complexity index is 721. The molecule has 1 aliphatic rings. The highest BCUT2D eigenvalue weighted by molar-refractivity contribution is 7.93. The number of hydrogen-bond donors (Lipinski definition) is 1. The number of benzene rings is 1. The van der Waals surface area contributed by atoms with Gasteiger partial charge in [-0.15, -0.1) is 0 Å². The maximum atomic E-state index is 12.5. The normalized spacial score (nSPS) is 17.6. The maximum Gasteiger partial charge on any atom is 0.301 e. The summed E-state index contributed by atoms with van der Waals surface area (Å²) in [6, 6.07) is 8.51. The number of rotatable bonds is 4. The van der Waals surface area contributed by atoms with Crippen LogP contribution in [0.5, 0.6) is 0 Å². The van der Waals surface area contributed by atoms with Crippen molar-refractivity contribution in [2.24, 2.45) is 9.46 Å². The van der Waals surface area contributed by atoms with E-state index in [1.54, 1.807) is 30.3 Å². The van der Waals surface area contributed by atoms with Gasteiger partial charge in [-0.3, -0.25) is 9.59 Å². The molecule has 1 atom stereocenters. The van der Waals surface area contributed by atoms with E-state index in [2.05, 4.69) is 9.46 Å². The predicted molar refractivity (Wildman–Crippen MR) is 81.7 cm³/mol. The van der Waals surface area contributed by atoms with Gasteiger partial charge in [-0.25, -0.2) is 9.22 Å². The number of β-amino-alcohol motifs (C(OH)–C–C–N with tert-alkyl or cyclic N) is 1. The Hall–Kier alpha value is -2.06. The van der Waals surface area contributed by atoms with Crippen LogP contribution in [-0.2, 0) is 19.3 Å². The number of amides is 2. The second-order valence-electron chi connectivity index (χ2n) is 4.80. The molecule has 118 valence electrons. The molecule has 0 saturated carbocycles. The summed E-state index contributed by atoms with van der Waals surface area (Å²) < 4.78 is 16.3. The van der Waals surface area contributed by atoms with Gasteiger partial charge in [0.2, 0.25) is 5.91 Å². The van der Waals surface area contributed by atoms with Gasteiger partial charge in [-0.05, 0) is 12.1 Å². The molecular weight excluding hydrogens is 306 g/mol. The van der Waals surface area contributed by atoms with Crippen LogP contribution in [0.2, 0.25) is 0 Å². The Kier molecular flexibility index (Phi) is 5.04. The molecule has 0 aliphatic carbocycles. The summed E-state index contributed by atoms with van der Waals surface area (Å²) in [5.74, 6) is -0.947. The smallest absolute Gasteiger partial charge is 0.301 e. The van der Waals surface area contributed by atoms with Crippen molar-refractivity contribution < 1.29 is 18.9 Å². The van der Waals surface area contributed by atoms with E-state index in [1.807, 2.05) is 0 Å². The molecule has 0 spiro atoms. The predicted octanol–water partition coefficient (Wildman–Crippen LogP) is 0.641. The van der Waals surface area contributed by atoms with Gasteiger partial charge in [0.05, 0.1) is 22.9 Å². The number of hydrazone groups is 1. The summed E-state index contributed by atoms with van der Waals surface area (Å²) in [6.07, 6.45) is 1.67. The van der Waals surface area contributed by atoms with Gasteiger partial charge in [0, 0.05) is 24.0 Å². The number of nitrogens with zero attached hydrogens (tertiary/aromatic N) is 3. The second-order valence-corrected chi connectivity index (χ2v) is 7.06. The van der Waals surface area contributed by atoms with Crippen molar-refractivity contribution in [3.63, 3.8) is 0 Å². The monoisotopic (exact) mass is 323 g/mol. The number of hydrogen-bond acceptors (Lipinski definition) is 5. The molecule has 0 aromatic heterocycles. The van der Waals surface area contributed by atoms with Crippen LogP contribution in [-0.4, -0.2) is 51.3 Å². The van der Waals surface area contributed by atoms with E-state index >= 15 is 0 Å². The molecule has 0 fully saturated rings. The largest absolute Gasteiger partial charge is 0.394 e. The van der Waals surface area contributed by atoms with E-state index in [9.17, 15) is 13.8 Å². The van der Waals surface area contributed by atoms with Gasteiger partial charge >= 0.3 is 5.91 Å². The molecule has 1 aromatic rings. The third-order valence-corrected chi connectivity index (χ3v) is 4.76. The molecule has 2 amide bonds. The highest BCUT2D eigenvalue weighted by atomic mass is 32.2. The average Bonchev–Trinajstić information content (AvgIpc) is 2.50. The van der Waals surface area contributed by atoms with E-state index < -0.39 is 15.6 Å². The third kappa shape index (κ3) is 3.77. The van der Waals surface area contributed by atoms with Gasteiger partial charge < -0.3 is 5.11 Å². The molecule has 1 N–H and O–H groups in total. The topological polar surface area (TPSA) is 99.4 Å². The van der Waals surface area contributed by atoms with Crippen molar-refractivity contribution in [3.8, 4) is 0 Å². The van der Waals surface area contributed by atoms with E-state index in [4.69, 9.17) is 5.11 Å². The fourth-order valence-electron chi connectivity index (χ4n) is 1.96. The third-order valence-electron chi connectivity index (χ3n) is 3.10. The Balaban J connectivity index is 2.28. The lowest BCUT2D eigenvalue weighted by Gasteiger charge is -2.21. The zero-order valence-electron chi connectivity index (χ0n) is 12.1. The summed E-state index contributed by atoms with van der Waals surface area (Å²) in [4.78, 5) is 24.2. The Morgan fingerprint density at radius 1 is 1.36 bits per heavy atom. The van der Waals surface area contributed by atoms with Crippen LogP contribution in [0.4, 0.5) is 0 Å². The molecule has 7 nitrogen and oxygen atoms in total. The number of carbonyl (C=O) groups excluding carboxylic acids is 2. The summed E-state index contributed by atoms with van der Waals surface area (Å²) in [6.45, 7) is -0.224. The van der Waals surface area contributed by atoms with Gasteiger partial charge in [0.1, 0.15) is 5.71 Å². The average molecular weight is 323 g/mol. The van der Waals surface area contributed by atoms with Crippen LogP contribution in [0.3, 0.4) is 0 Å². The fraction of sp³-hybridized carbons (Fsp3) is 0.357. The molecular formula is C14H17N3O4S. The Morgan fingerprint density at radius 2 is 2.05 bits per heavy atom. The minimum atomic E-state index is -2.86. The SMILES string of the molecule is CS(=O)(=NC(=O)C1=NN(CCO)C(=O)CC1)c1ccccc1. The fourth-order valence-corrected chi connectivity index (χ4v) is 3.15. The van der Waals surface area contributed by atoms with Crippen LogP contribution in [0.25, 0.3) is 0 Å². The van der Waals surface area contributed by atoms with Crippen LogP contribution >= 0.6 is 0 Å². The zero-order chi connectivity index (χ0) is 16.2. The summed E-state index contributed by atoms with van der Waals surface area (Å²) in [5.41, 5.74) is 0.0820. The number of carbonyl (C=O) groups is 2. The lowest BCUT2D eigenvalue weighted by Crippen LogP contribution is -2.35. The molecule has 1 heterocycles. The lowest BCUT2D eigenvalue weighted by atomic mass is 10.1. The van der Waals surface area contributed by atoms with E-state index in [0.717, 1.165) is 5.01 Å². The molecule has 22 heavy (non-hydrogen) atoms. The molecule has 1 unspecified atom stereocenters. The number of aliphatic hydroxyl groups is 1. The highest BCUT2D eigenvalue weighted by Gasteiger charge is 2.24. The number of aliphatic hydroxyl groups excluding tert-OH is 1. The van der Waals surface area contributed by atoms with Gasteiger partial charge in [0.15, 0.2) is 0 Å². The van der Waals surface area contributed by atoms with Crippen LogP contribution in [0, 0.1) is 0 Å². The van der Waals surface area contributed by atoms with Crippen LogP contribution in [0.1, 0.15) is 12.8 Å². The minimum Gasteiger partial charge on any atom is -0.394 e. The van der Waals surface area contributed by atoms with Crippen molar-refractivity contribution in [1.82, 2.24) is 5.01 Å². The van der Waals surface area contributed by atoms with Gasteiger partial charge in [-0.2, -0.15) is 9.46 Å². The zero-order valence-corrected chi connectivity index (χ0v) is 13.0. The second kappa shape index (κ2) is 6.80. The summed E-state index contributed by atoms with van der Waals surface area (Å²) in [7, 11) is -2.86. The van der Waals surface area contributed by atoms with E-state index in [-0.39, 0.29) is 37.6 Å². The van der Waals surface area contributed by atoms with Crippen molar-refractivity contribution in [3.05, 3.63) is 30.3 Å². The Morgan fingerprint density at radius 3 is 2.68 bits per heavy atom. The van der Waals surface area contributed by atoms with Gasteiger partial charge in [-0.1, -0.05) is 18.2 Å². The molecule has 0 bridgehead atoms. The maximum absolute atomic E-state index is 12.5. The lowest BCUT2D eigenvalue weighted by molar-refractivity contribution is -0.132. The molecule has 8 heteroatoms. The minimum absolute atomic E-state index is 0.0236. The standard InChI is InChI=1S/C14H17N3O4S/c1-22(21,11-5-3-2-4-6-11)16-14(20)12-7-8-13(19)17(15-12)9-10-18/h2-6,18H,7-10H2,1H3. The Labute approximate surface area is 128 Å². The van der Waals surface area contributed by atoms with E-state index in [1.165, 1.54) is 6.26 Å². The molecule has 1 aliphatic heterocycles. The van der Waals surface area contributed by atoms with Crippen molar-refractivity contribution >= 4 is 27.3 Å². The molecule has 2 rings (SSSR count). The molecule has 0 radical (unpaired) electrons. The first-order valence-corrected chi connectivity index (χ1v) is 8.66. The van der Waals surface area contributed by atoms with Crippen LogP contribution < -0.4 is 0 Å². The van der Waals surface area contributed by atoms with Crippen molar-refractivity contribution in [2.75, 3.05) is 19.4 Å². The van der Waals surface area contributed by atoms with Crippen molar-refractivity contribution in [2.45, 2.75) is 17.7 Å². The quantitative estimate of drug-likeness (QED) is 0.879. The highest BCUT2D eigenvalue weighted by Crippen LogP contribution is 2.14.